The summed E-state index contributed by atoms with van der Waals surface area (Å²) < 4.78 is 0. The molecule has 2 aliphatic rings. The number of rotatable bonds is 8. The van der Waals surface area contributed by atoms with Gasteiger partial charge in [-0.25, -0.2) is 15.2 Å². The van der Waals surface area contributed by atoms with E-state index in [2.05, 4.69) is 30.5 Å². The van der Waals surface area contributed by atoms with Crippen molar-refractivity contribution in [1.82, 2.24) is 30.6 Å². The molecule has 2 aliphatic heterocycles. The van der Waals surface area contributed by atoms with Crippen LogP contribution in [0.1, 0.15) is 31.1 Å². The van der Waals surface area contributed by atoms with Crippen LogP contribution in [0.2, 0.25) is 0 Å². The van der Waals surface area contributed by atoms with Crippen LogP contribution in [0.15, 0.2) is 73.1 Å². The number of piperazine rings is 1. The van der Waals surface area contributed by atoms with Gasteiger partial charge >= 0.3 is 6.03 Å². The van der Waals surface area contributed by atoms with E-state index in [1.165, 1.54) is 0 Å². The number of pyridine rings is 2. The Bertz CT molecular complexity index is 1210. The Labute approximate surface area is 223 Å². The number of hydrogen-bond donors (Lipinski definition) is 2. The van der Waals surface area contributed by atoms with Crippen molar-refractivity contribution in [2.24, 2.45) is 0 Å². The highest BCUT2D eigenvalue weighted by Crippen LogP contribution is 2.26. The number of hydrogen-bond acceptors (Lipinski definition) is 7. The summed E-state index contributed by atoms with van der Waals surface area (Å²) in [6.07, 6.45) is 3.49. The Morgan fingerprint density at radius 1 is 0.974 bits per heavy atom. The average molecular weight is 515 g/mol. The van der Waals surface area contributed by atoms with Crippen LogP contribution in [0, 0.1) is 0 Å². The highest BCUT2D eigenvalue weighted by molar-refractivity contribution is 5.93. The van der Waals surface area contributed by atoms with Gasteiger partial charge in [0.15, 0.2) is 0 Å². The highest BCUT2D eigenvalue weighted by Gasteiger charge is 2.32. The molecule has 10 heteroatoms. The van der Waals surface area contributed by atoms with Crippen LogP contribution < -0.4 is 20.5 Å². The van der Waals surface area contributed by atoms with Crippen LogP contribution in [0.5, 0.6) is 0 Å². The summed E-state index contributed by atoms with van der Waals surface area (Å²) in [5, 5.41) is 4.70. The molecule has 0 spiro atoms. The number of aromatic nitrogens is 2. The van der Waals surface area contributed by atoms with E-state index in [-0.39, 0.29) is 24.0 Å². The zero-order chi connectivity index (χ0) is 26.5. The van der Waals surface area contributed by atoms with Crippen LogP contribution in [0.4, 0.5) is 16.3 Å². The first-order valence-corrected chi connectivity index (χ1v) is 13.0. The van der Waals surface area contributed by atoms with E-state index in [1.54, 1.807) is 22.3 Å². The second-order valence-corrected chi connectivity index (χ2v) is 9.74. The van der Waals surface area contributed by atoms with Crippen LogP contribution >= 0.6 is 0 Å². The zero-order valence-corrected chi connectivity index (χ0v) is 21.8. The third kappa shape index (κ3) is 5.61. The van der Waals surface area contributed by atoms with E-state index in [4.69, 9.17) is 0 Å². The number of nitrogens with zero attached hydrogens (tertiary/aromatic N) is 6. The number of carbonyl (C=O) groups excluding carboxylic acids is 2. The first-order chi connectivity index (χ1) is 18.5. The summed E-state index contributed by atoms with van der Waals surface area (Å²) in [6.45, 7) is 7.70. The van der Waals surface area contributed by atoms with Crippen molar-refractivity contribution < 1.29 is 9.59 Å². The Morgan fingerprint density at radius 2 is 1.74 bits per heavy atom. The zero-order valence-electron chi connectivity index (χ0n) is 21.8. The fraction of sp³-hybridized carbons (Fsp3) is 0.357. The van der Waals surface area contributed by atoms with Crippen LogP contribution in [0.3, 0.4) is 0 Å². The molecule has 0 saturated carbocycles. The normalized spacial score (nSPS) is 17.2. The minimum absolute atomic E-state index is 0.0305. The van der Waals surface area contributed by atoms with Gasteiger partial charge in [-0.1, -0.05) is 36.4 Å². The molecular formula is C28H34N8O2. The molecule has 1 unspecified atom stereocenters. The molecule has 198 valence electrons. The van der Waals surface area contributed by atoms with E-state index in [0.29, 0.717) is 13.2 Å². The minimum atomic E-state index is -0.380. The first-order valence-electron chi connectivity index (χ1n) is 13.0. The van der Waals surface area contributed by atoms with Crippen molar-refractivity contribution in [3.8, 4) is 0 Å². The summed E-state index contributed by atoms with van der Waals surface area (Å²) in [4.78, 5) is 41.1. The lowest BCUT2D eigenvalue weighted by atomic mass is 10.0. The summed E-state index contributed by atoms with van der Waals surface area (Å²) >= 11 is 0. The standard InChI is InChI=1S/C28H34N8O2/c1-21(2)36-28(38)35(20-32-36)24-11-12-25(30-19-24)33-14-16-34(17-15-33)26(22-8-4-3-5-9-22)27(37)31-18-23-10-6-7-13-29-23/h3-13,19,21,26,32H,14-18,20H2,1-2H3,(H,31,37). The third-order valence-corrected chi connectivity index (χ3v) is 6.93. The second kappa shape index (κ2) is 11.6. The molecule has 5 rings (SSSR count). The second-order valence-electron chi connectivity index (χ2n) is 9.74. The van der Waals surface area contributed by atoms with E-state index >= 15 is 0 Å². The third-order valence-electron chi connectivity index (χ3n) is 6.93. The quantitative estimate of drug-likeness (QED) is 0.477. The maximum absolute atomic E-state index is 13.4. The number of benzene rings is 1. The maximum atomic E-state index is 13.4. The molecule has 2 saturated heterocycles. The fourth-order valence-corrected chi connectivity index (χ4v) is 4.89. The molecule has 2 fully saturated rings. The molecule has 2 N–H and O–H groups in total. The first kappa shape index (κ1) is 25.6. The summed E-state index contributed by atoms with van der Waals surface area (Å²) in [5.41, 5.74) is 5.69. The number of nitrogens with one attached hydrogen (secondary N) is 2. The van der Waals surface area contributed by atoms with Gasteiger partial charge in [-0.05, 0) is 43.7 Å². The largest absolute Gasteiger partial charge is 0.354 e. The molecule has 4 heterocycles. The number of hydrazine groups is 1. The van der Waals surface area contributed by atoms with Crippen molar-refractivity contribution in [2.75, 3.05) is 42.6 Å². The van der Waals surface area contributed by atoms with E-state index in [0.717, 1.165) is 48.9 Å². The average Bonchev–Trinajstić information content (AvgIpc) is 3.35. The molecule has 1 aromatic carbocycles. The van der Waals surface area contributed by atoms with E-state index in [1.807, 2.05) is 74.5 Å². The molecule has 0 aliphatic carbocycles. The molecule has 10 nitrogen and oxygen atoms in total. The predicted molar refractivity (Wildman–Crippen MR) is 146 cm³/mol. The SMILES string of the molecule is CC(C)N1NCN(c2ccc(N3CCN(C(C(=O)NCc4ccccn4)c4ccccc4)CC3)nc2)C1=O. The monoisotopic (exact) mass is 514 g/mol. The Morgan fingerprint density at radius 3 is 2.37 bits per heavy atom. The van der Waals surface area contributed by atoms with Gasteiger partial charge in [-0.15, -0.1) is 0 Å². The minimum Gasteiger partial charge on any atom is -0.354 e. The van der Waals surface area contributed by atoms with Crippen molar-refractivity contribution >= 4 is 23.4 Å². The number of carbonyl (C=O) groups is 2. The molecular weight excluding hydrogens is 480 g/mol. The Balaban J connectivity index is 1.22. The van der Waals surface area contributed by atoms with Gasteiger partial charge in [0.05, 0.1) is 30.8 Å². The van der Waals surface area contributed by atoms with Gasteiger partial charge < -0.3 is 10.2 Å². The molecule has 1 atom stereocenters. The lowest BCUT2D eigenvalue weighted by Gasteiger charge is -2.39. The molecule has 38 heavy (non-hydrogen) atoms. The Kier molecular flexibility index (Phi) is 7.81. The summed E-state index contributed by atoms with van der Waals surface area (Å²) in [5.74, 6) is 0.835. The van der Waals surface area contributed by atoms with Gasteiger partial charge in [0, 0.05) is 38.4 Å². The molecule has 2 aromatic heterocycles. The van der Waals surface area contributed by atoms with E-state index in [9.17, 15) is 9.59 Å². The highest BCUT2D eigenvalue weighted by atomic mass is 16.2. The number of amides is 3. The molecule has 3 aromatic rings. The summed E-state index contributed by atoms with van der Waals surface area (Å²) in [6, 6.07) is 19.1. The van der Waals surface area contributed by atoms with Gasteiger partial charge in [-0.2, -0.15) is 0 Å². The Hall–Kier alpha value is -4.02. The van der Waals surface area contributed by atoms with Crippen molar-refractivity contribution in [3.05, 3.63) is 84.3 Å². The van der Waals surface area contributed by atoms with Crippen molar-refractivity contribution in [1.29, 1.82) is 0 Å². The van der Waals surface area contributed by atoms with Crippen molar-refractivity contribution in [3.63, 3.8) is 0 Å². The van der Waals surface area contributed by atoms with Gasteiger partial charge in [0.1, 0.15) is 11.9 Å². The lowest BCUT2D eigenvalue weighted by molar-refractivity contribution is -0.127. The molecule has 0 bridgehead atoms. The predicted octanol–water partition coefficient (Wildman–Crippen LogP) is 2.77. The molecule has 3 amide bonds. The fourth-order valence-electron chi connectivity index (χ4n) is 4.89. The molecule has 0 radical (unpaired) electrons. The topological polar surface area (TPSA) is 96.9 Å². The van der Waals surface area contributed by atoms with Crippen LogP contribution in [-0.4, -0.2) is 70.7 Å². The summed E-state index contributed by atoms with van der Waals surface area (Å²) in [7, 11) is 0. The van der Waals surface area contributed by atoms with E-state index < -0.39 is 0 Å². The number of anilines is 2. The van der Waals surface area contributed by atoms with Gasteiger partial charge in [-0.3, -0.25) is 24.6 Å². The van der Waals surface area contributed by atoms with Crippen molar-refractivity contribution in [2.45, 2.75) is 32.5 Å². The van der Waals surface area contributed by atoms with Gasteiger partial charge in [0.25, 0.3) is 0 Å². The van der Waals surface area contributed by atoms with Gasteiger partial charge in [0.2, 0.25) is 5.91 Å². The lowest BCUT2D eigenvalue weighted by Crippen LogP contribution is -2.51. The van der Waals surface area contributed by atoms with Crippen LogP contribution in [0.25, 0.3) is 0 Å². The number of urea groups is 1. The smallest absolute Gasteiger partial charge is 0.340 e. The maximum Gasteiger partial charge on any atom is 0.340 e. The van der Waals surface area contributed by atoms with Crippen LogP contribution in [-0.2, 0) is 11.3 Å².